The van der Waals surface area contributed by atoms with Gasteiger partial charge in [-0.1, -0.05) is 20.8 Å². The van der Waals surface area contributed by atoms with Crippen LogP contribution in [0.4, 0.5) is 4.79 Å². The van der Waals surface area contributed by atoms with Crippen molar-refractivity contribution in [2.45, 2.75) is 59.1 Å². The zero-order valence-corrected chi connectivity index (χ0v) is 14.3. The second-order valence-corrected chi connectivity index (χ2v) is 7.25. The van der Waals surface area contributed by atoms with Gasteiger partial charge in [0.25, 0.3) is 0 Å². The average Bonchev–Trinajstić information content (AvgIpc) is 2.36. The smallest absolute Gasteiger partial charge is 0.315 e. The molecular weight excluding hydrogens is 266 g/mol. The van der Waals surface area contributed by atoms with Crippen molar-refractivity contribution in [3.05, 3.63) is 0 Å². The van der Waals surface area contributed by atoms with E-state index in [0.29, 0.717) is 0 Å². The molecule has 2 amide bonds. The first-order valence-corrected chi connectivity index (χ1v) is 8.20. The Morgan fingerprint density at radius 3 is 2.67 bits per heavy atom. The van der Waals surface area contributed by atoms with Crippen molar-refractivity contribution >= 4 is 6.03 Å². The minimum absolute atomic E-state index is 0.102. The summed E-state index contributed by atoms with van der Waals surface area (Å²) >= 11 is 0. The molecule has 3 atom stereocenters. The standard InChI is InChI=1S/C16H33N3O2/c1-12(2)16(5,21)11-17-15(20)18-14(4)10-19-8-6-7-13(3)9-19/h12-14,21H,6-11H2,1-5H3,(H2,17,18,20). The summed E-state index contributed by atoms with van der Waals surface area (Å²) in [5.41, 5.74) is -0.872. The number of urea groups is 1. The van der Waals surface area contributed by atoms with Crippen molar-refractivity contribution in [2.75, 3.05) is 26.2 Å². The number of hydrogen-bond donors (Lipinski definition) is 3. The van der Waals surface area contributed by atoms with Crippen molar-refractivity contribution in [1.29, 1.82) is 0 Å². The summed E-state index contributed by atoms with van der Waals surface area (Å²) in [5.74, 6) is 0.853. The second kappa shape index (κ2) is 7.99. The van der Waals surface area contributed by atoms with E-state index in [4.69, 9.17) is 0 Å². The number of hydrogen-bond acceptors (Lipinski definition) is 3. The van der Waals surface area contributed by atoms with Crippen LogP contribution in [-0.4, -0.2) is 53.9 Å². The predicted octanol–water partition coefficient (Wildman–Crippen LogP) is 1.81. The fourth-order valence-corrected chi connectivity index (χ4v) is 2.62. The molecule has 0 aromatic rings. The second-order valence-electron chi connectivity index (χ2n) is 7.25. The van der Waals surface area contributed by atoms with Gasteiger partial charge in [-0.05, 0) is 45.1 Å². The number of likely N-dealkylation sites (tertiary alicyclic amines) is 1. The number of rotatable bonds is 6. The highest BCUT2D eigenvalue weighted by molar-refractivity contribution is 5.74. The molecule has 0 aromatic carbocycles. The van der Waals surface area contributed by atoms with Gasteiger partial charge in [0.05, 0.1) is 5.60 Å². The van der Waals surface area contributed by atoms with Crippen molar-refractivity contribution in [3.63, 3.8) is 0 Å². The molecule has 0 aliphatic carbocycles. The van der Waals surface area contributed by atoms with E-state index in [0.717, 1.165) is 25.6 Å². The van der Waals surface area contributed by atoms with E-state index in [9.17, 15) is 9.90 Å². The molecule has 5 nitrogen and oxygen atoms in total. The molecule has 1 heterocycles. The lowest BCUT2D eigenvalue weighted by Crippen LogP contribution is -2.51. The number of nitrogens with zero attached hydrogens (tertiary/aromatic N) is 1. The average molecular weight is 299 g/mol. The Balaban J connectivity index is 2.27. The highest BCUT2D eigenvalue weighted by atomic mass is 16.3. The number of aliphatic hydroxyl groups is 1. The van der Waals surface area contributed by atoms with Gasteiger partial charge in [0, 0.05) is 25.7 Å². The van der Waals surface area contributed by atoms with Gasteiger partial charge in [0.2, 0.25) is 0 Å². The van der Waals surface area contributed by atoms with Crippen LogP contribution in [0.25, 0.3) is 0 Å². The van der Waals surface area contributed by atoms with Crippen LogP contribution < -0.4 is 10.6 Å². The Bertz CT molecular complexity index is 331. The third kappa shape index (κ3) is 6.66. The van der Waals surface area contributed by atoms with Crippen LogP contribution in [0.5, 0.6) is 0 Å². The molecule has 0 aromatic heterocycles. The summed E-state index contributed by atoms with van der Waals surface area (Å²) in [4.78, 5) is 14.3. The first kappa shape index (κ1) is 18.2. The van der Waals surface area contributed by atoms with Crippen LogP contribution in [0.15, 0.2) is 0 Å². The van der Waals surface area contributed by atoms with E-state index in [-0.39, 0.29) is 24.5 Å². The molecule has 21 heavy (non-hydrogen) atoms. The van der Waals surface area contributed by atoms with Gasteiger partial charge in [-0.3, -0.25) is 0 Å². The Morgan fingerprint density at radius 2 is 2.10 bits per heavy atom. The molecule has 124 valence electrons. The maximum Gasteiger partial charge on any atom is 0.315 e. The van der Waals surface area contributed by atoms with E-state index >= 15 is 0 Å². The van der Waals surface area contributed by atoms with Crippen LogP contribution in [-0.2, 0) is 0 Å². The quantitative estimate of drug-likeness (QED) is 0.701. The first-order chi connectivity index (χ1) is 9.70. The number of carbonyl (C=O) groups excluding carboxylic acids is 1. The molecule has 1 fully saturated rings. The normalized spacial score (nSPS) is 24.4. The third-order valence-electron chi connectivity index (χ3n) is 4.50. The zero-order valence-electron chi connectivity index (χ0n) is 14.3. The van der Waals surface area contributed by atoms with Crippen LogP contribution in [0, 0.1) is 11.8 Å². The highest BCUT2D eigenvalue weighted by Crippen LogP contribution is 2.15. The van der Waals surface area contributed by atoms with Gasteiger partial charge in [-0.25, -0.2) is 4.79 Å². The maximum absolute atomic E-state index is 11.9. The van der Waals surface area contributed by atoms with Gasteiger partial charge < -0.3 is 20.6 Å². The van der Waals surface area contributed by atoms with Gasteiger partial charge in [-0.15, -0.1) is 0 Å². The summed E-state index contributed by atoms with van der Waals surface area (Å²) in [6.45, 7) is 13.3. The number of carbonyl (C=O) groups is 1. The van der Waals surface area contributed by atoms with Crippen LogP contribution in [0.3, 0.4) is 0 Å². The Hall–Kier alpha value is -0.810. The number of piperidine rings is 1. The van der Waals surface area contributed by atoms with Crippen LogP contribution >= 0.6 is 0 Å². The molecule has 0 spiro atoms. The fourth-order valence-electron chi connectivity index (χ4n) is 2.62. The molecule has 1 rings (SSSR count). The monoisotopic (exact) mass is 299 g/mol. The highest BCUT2D eigenvalue weighted by Gasteiger charge is 2.25. The molecule has 0 saturated carbocycles. The van der Waals surface area contributed by atoms with E-state index in [1.54, 1.807) is 6.92 Å². The van der Waals surface area contributed by atoms with E-state index in [1.165, 1.54) is 12.8 Å². The lowest BCUT2D eigenvalue weighted by molar-refractivity contribution is 0.0165. The van der Waals surface area contributed by atoms with Crippen molar-refractivity contribution in [2.24, 2.45) is 11.8 Å². The molecule has 5 heteroatoms. The minimum Gasteiger partial charge on any atom is -0.388 e. The van der Waals surface area contributed by atoms with Crippen molar-refractivity contribution in [3.8, 4) is 0 Å². The van der Waals surface area contributed by atoms with Gasteiger partial charge >= 0.3 is 6.03 Å². The predicted molar refractivity (Wildman–Crippen MR) is 86.3 cm³/mol. The Labute approximate surface area is 129 Å². The molecular formula is C16H33N3O2. The van der Waals surface area contributed by atoms with Crippen molar-refractivity contribution < 1.29 is 9.90 Å². The largest absolute Gasteiger partial charge is 0.388 e. The summed E-state index contributed by atoms with van der Waals surface area (Å²) in [6.07, 6.45) is 2.56. The molecule has 3 unspecified atom stereocenters. The van der Waals surface area contributed by atoms with E-state index < -0.39 is 5.60 Å². The summed E-state index contributed by atoms with van der Waals surface area (Å²) in [7, 11) is 0. The van der Waals surface area contributed by atoms with Crippen LogP contribution in [0.2, 0.25) is 0 Å². The molecule has 1 aliphatic rings. The topological polar surface area (TPSA) is 64.6 Å². The maximum atomic E-state index is 11.9. The van der Waals surface area contributed by atoms with E-state index in [2.05, 4.69) is 22.5 Å². The van der Waals surface area contributed by atoms with E-state index in [1.807, 2.05) is 20.8 Å². The van der Waals surface area contributed by atoms with Gasteiger partial charge in [-0.2, -0.15) is 0 Å². The fraction of sp³-hybridized carbons (Fsp3) is 0.938. The Morgan fingerprint density at radius 1 is 1.43 bits per heavy atom. The lowest BCUT2D eigenvalue weighted by atomic mass is 9.93. The van der Waals surface area contributed by atoms with Crippen molar-refractivity contribution in [1.82, 2.24) is 15.5 Å². The molecule has 0 radical (unpaired) electrons. The number of amides is 2. The summed E-state index contributed by atoms with van der Waals surface area (Å²) in [6, 6.07) is -0.0900. The minimum atomic E-state index is -0.872. The Kier molecular flexibility index (Phi) is 6.94. The SMILES string of the molecule is CC1CCCN(CC(C)NC(=O)NCC(C)(O)C(C)C)C1. The molecule has 3 N–H and O–H groups in total. The summed E-state index contributed by atoms with van der Waals surface area (Å²) < 4.78 is 0. The van der Waals surface area contributed by atoms with Gasteiger partial charge in [0.1, 0.15) is 0 Å². The lowest BCUT2D eigenvalue weighted by Gasteiger charge is -2.33. The van der Waals surface area contributed by atoms with Crippen LogP contribution in [0.1, 0.15) is 47.5 Å². The van der Waals surface area contributed by atoms with Gasteiger partial charge in [0.15, 0.2) is 0 Å². The zero-order chi connectivity index (χ0) is 16.0. The number of nitrogens with one attached hydrogen (secondary N) is 2. The first-order valence-electron chi connectivity index (χ1n) is 8.20. The third-order valence-corrected chi connectivity index (χ3v) is 4.50. The molecule has 1 aliphatic heterocycles. The summed E-state index contributed by atoms with van der Waals surface area (Å²) in [5, 5.41) is 15.8. The molecule has 0 bridgehead atoms. The molecule has 1 saturated heterocycles.